The van der Waals surface area contributed by atoms with Gasteiger partial charge in [-0.05, 0) is 72.0 Å². The lowest BCUT2D eigenvalue weighted by Crippen LogP contribution is -2.10. The number of carboxylic acid groups (broad SMARTS) is 1. The van der Waals surface area contributed by atoms with Gasteiger partial charge in [0.15, 0.2) is 6.61 Å². The molecular weight excluding hydrogens is 461 g/mol. The lowest BCUT2D eigenvalue weighted by Gasteiger charge is -2.10. The summed E-state index contributed by atoms with van der Waals surface area (Å²) in [7, 11) is 0. The van der Waals surface area contributed by atoms with Crippen LogP contribution in [0.25, 0.3) is 16.7 Å². The Balaban J connectivity index is 1.64. The van der Waals surface area contributed by atoms with Crippen LogP contribution in [0.4, 0.5) is 5.69 Å². The van der Waals surface area contributed by atoms with E-state index in [9.17, 15) is 9.59 Å². The number of hydrogen-bond acceptors (Lipinski definition) is 3. The standard InChI is InChI=1S/C26H23Cl2NO4/c1-16-3-10-21(22(27)13-16)17(2)4-12-25(30)29-24-11-7-19(14-23(24)28)18-5-8-20(9-6-18)33-15-26(31)32/h3-11,13-14H,12,15H2,1-2H3,(H,29,30)(H,31,32)/b17-4+. The molecular formula is C26H23Cl2NO4. The second-order valence-corrected chi connectivity index (χ2v) is 8.34. The Bertz CT molecular complexity index is 1200. The van der Waals surface area contributed by atoms with Gasteiger partial charge in [0, 0.05) is 11.4 Å². The van der Waals surface area contributed by atoms with Gasteiger partial charge in [-0.3, -0.25) is 4.79 Å². The van der Waals surface area contributed by atoms with Gasteiger partial charge in [-0.2, -0.15) is 0 Å². The zero-order chi connectivity index (χ0) is 24.0. The van der Waals surface area contributed by atoms with Crippen molar-refractivity contribution in [2.75, 3.05) is 11.9 Å². The van der Waals surface area contributed by atoms with E-state index >= 15 is 0 Å². The van der Waals surface area contributed by atoms with Crippen LogP contribution in [-0.2, 0) is 9.59 Å². The molecule has 3 aromatic carbocycles. The summed E-state index contributed by atoms with van der Waals surface area (Å²) in [6, 6.07) is 18.2. The molecule has 0 aromatic heterocycles. The van der Waals surface area contributed by atoms with Crippen LogP contribution in [0.2, 0.25) is 10.0 Å². The number of nitrogens with one attached hydrogen (secondary N) is 1. The zero-order valence-electron chi connectivity index (χ0n) is 18.2. The van der Waals surface area contributed by atoms with Crippen molar-refractivity contribution in [3.63, 3.8) is 0 Å². The zero-order valence-corrected chi connectivity index (χ0v) is 19.7. The molecule has 0 saturated carbocycles. The summed E-state index contributed by atoms with van der Waals surface area (Å²) in [5, 5.41) is 12.6. The van der Waals surface area contributed by atoms with Crippen LogP contribution >= 0.6 is 23.2 Å². The molecule has 3 rings (SSSR count). The number of carboxylic acids is 1. The molecule has 0 unspecified atom stereocenters. The van der Waals surface area contributed by atoms with E-state index in [4.69, 9.17) is 33.0 Å². The van der Waals surface area contributed by atoms with Crippen molar-refractivity contribution in [1.29, 1.82) is 0 Å². The summed E-state index contributed by atoms with van der Waals surface area (Å²) >= 11 is 12.7. The summed E-state index contributed by atoms with van der Waals surface area (Å²) in [5.41, 5.74) is 5.16. The molecule has 2 N–H and O–H groups in total. The van der Waals surface area contributed by atoms with Crippen molar-refractivity contribution >= 4 is 46.3 Å². The average molecular weight is 484 g/mol. The fourth-order valence-electron chi connectivity index (χ4n) is 3.18. The molecule has 0 radical (unpaired) electrons. The SMILES string of the molecule is C/C(=C\CC(=O)Nc1ccc(-c2ccc(OCC(=O)O)cc2)cc1Cl)c1ccc(C)cc1Cl. The van der Waals surface area contributed by atoms with Gasteiger partial charge in [-0.25, -0.2) is 4.79 Å². The third-order valence-electron chi connectivity index (χ3n) is 4.94. The van der Waals surface area contributed by atoms with Crippen LogP contribution in [0.5, 0.6) is 5.75 Å². The molecule has 5 nitrogen and oxygen atoms in total. The van der Waals surface area contributed by atoms with Gasteiger partial charge in [-0.15, -0.1) is 0 Å². The Morgan fingerprint density at radius 1 is 0.970 bits per heavy atom. The third kappa shape index (κ3) is 6.85. The van der Waals surface area contributed by atoms with Crippen molar-refractivity contribution in [1.82, 2.24) is 0 Å². The highest BCUT2D eigenvalue weighted by molar-refractivity contribution is 6.34. The molecule has 3 aromatic rings. The topological polar surface area (TPSA) is 75.6 Å². The Morgan fingerprint density at radius 2 is 1.67 bits per heavy atom. The van der Waals surface area contributed by atoms with Crippen molar-refractivity contribution < 1.29 is 19.4 Å². The van der Waals surface area contributed by atoms with Crippen LogP contribution in [0.15, 0.2) is 66.7 Å². The van der Waals surface area contributed by atoms with Crippen LogP contribution in [0.1, 0.15) is 24.5 Å². The number of aliphatic carboxylic acids is 1. The number of rotatable bonds is 8. The Kier molecular flexibility index (Phi) is 8.15. The summed E-state index contributed by atoms with van der Waals surface area (Å²) < 4.78 is 5.14. The molecule has 0 atom stereocenters. The molecule has 0 bridgehead atoms. The first kappa shape index (κ1) is 24.4. The number of benzene rings is 3. The lowest BCUT2D eigenvalue weighted by molar-refractivity contribution is -0.139. The van der Waals surface area contributed by atoms with Gasteiger partial charge >= 0.3 is 5.97 Å². The fourth-order valence-corrected chi connectivity index (χ4v) is 3.79. The number of ether oxygens (including phenoxy) is 1. The highest BCUT2D eigenvalue weighted by Crippen LogP contribution is 2.30. The third-order valence-corrected chi connectivity index (χ3v) is 5.56. The van der Waals surface area contributed by atoms with Gasteiger partial charge in [-0.1, -0.05) is 59.6 Å². The van der Waals surface area contributed by atoms with E-state index < -0.39 is 12.6 Å². The second-order valence-electron chi connectivity index (χ2n) is 7.52. The molecule has 0 aliphatic heterocycles. The number of aryl methyl sites for hydroxylation is 1. The number of anilines is 1. The first-order chi connectivity index (χ1) is 15.7. The van der Waals surface area contributed by atoms with E-state index in [0.717, 1.165) is 27.8 Å². The van der Waals surface area contributed by atoms with E-state index in [2.05, 4.69) is 5.32 Å². The summed E-state index contributed by atoms with van der Waals surface area (Å²) in [4.78, 5) is 23.0. The summed E-state index contributed by atoms with van der Waals surface area (Å²) in [5.74, 6) is -0.758. The van der Waals surface area contributed by atoms with Gasteiger partial charge < -0.3 is 15.2 Å². The molecule has 0 fully saturated rings. The highest BCUT2D eigenvalue weighted by Gasteiger charge is 2.09. The Hall–Kier alpha value is -3.28. The van der Waals surface area contributed by atoms with Crippen molar-refractivity contribution in [3.8, 4) is 16.9 Å². The van der Waals surface area contributed by atoms with Crippen molar-refractivity contribution in [2.24, 2.45) is 0 Å². The van der Waals surface area contributed by atoms with E-state index in [-0.39, 0.29) is 12.3 Å². The first-order valence-electron chi connectivity index (χ1n) is 10.2. The van der Waals surface area contributed by atoms with E-state index in [1.807, 2.05) is 56.3 Å². The van der Waals surface area contributed by atoms with Gasteiger partial charge in [0.25, 0.3) is 0 Å². The molecule has 0 heterocycles. The first-order valence-corrected chi connectivity index (χ1v) is 11.0. The monoisotopic (exact) mass is 483 g/mol. The largest absolute Gasteiger partial charge is 0.482 e. The Morgan fingerprint density at radius 3 is 2.30 bits per heavy atom. The summed E-state index contributed by atoms with van der Waals surface area (Å²) in [6.45, 7) is 3.50. The van der Waals surface area contributed by atoms with Crippen LogP contribution < -0.4 is 10.1 Å². The van der Waals surface area contributed by atoms with Gasteiger partial charge in [0.05, 0.1) is 10.7 Å². The van der Waals surface area contributed by atoms with Crippen LogP contribution in [0, 0.1) is 6.92 Å². The number of allylic oxidation sites excluding steroid dienone is 1. The molecule has 0 aliphatic carbocycles. The van der Waals surface area contributed by atoms with E-state index in [0.29, 0.717) is 21.5 Å². The predicted molar refractivity (Wildman–Crippen MR) is 133 cm³/mol. The van der Waals surface area contributed by atoms with Crippen molar-refractivity contribution in [3.05, 3.63) is 87.9 Å². The van der Waals surface area contributed by atoms with Gasteiger partial charge in [0.1, 0.15) is 5.75 Å². The lowest BCUT2D eigenvalue weighted by atomic mass is 10.0. The molecule has 1 amide bonds. The maximum Gasteiger partial charge on any atom is 0.341 e. The smallest absolute Gasteiger partial charge is 0.341 e. The quantitative estimate of drug-likeness (QED) is 0.366. The molecule has 33 heavy (non-hydrogen) atoms. The average Bonchev–Trinajstić information content (AvgIpc) is 2.78. The number of halogens is 2. The molecule has 170 valence electrons. The Labute approximate surface area is 202 Å². The molecule has 0 aliphatic rings. The minimum atomic E-state index is -1.03. The van der Waals surface area contributed by atoms with Crippen molar-refractivity contribution in [2.45, 2.75) is 20.3 Å². The highest BCUT2D eigenvalue weighted by atomic mass is 35.5. The number of carbonyl (C=O) groups excluding carboxylic acids is 1. The van der Waals surface area contributed by atoms with Crippen LogP contribution in [-0.4, -0.2) is 23.6 Å². The molecule has 0 saturated heterocycles. The maximum atomic E-state index is 12.4. The number of amides is 1. The predicted octanol–water partition coefficient (Wildman–Crippen LogP) is 6.86. The number of carbonyl (C=O) groups is 2. The maximum absolute atomic E-state index is 12.4. The second kappa shape index (κ2) is 11.0. The van der Waals surface area contributed by atoms with Crippen LogP contribution in [0.3, 0.4) is 0 Å². The van der Waals surface area contributed by atoms with E-state index in [1.54, 1.807) is 24.3 Å². The molecule has 0 spiro atoms. The number of hydrogen-bond donors (Lipinski definition) is 2. The minimum absolute atomic E-state index is 0.186. The minimum Gasteiger partial charge on any atom is -0.482 e. The van der Waals surface area contributed by atoms with E-state index in [1.165, 1.54) is 0 Å². The normalized spacial score (nSPS) is 11.2. The fraction of sp³-hybridized carbons (Fsp3) is 0.154. The van der Waals surface area contributed by atoms with Gasteiger partial charge in [0.2, 0.25) is 5.91 Å². The summed E-state index contributed by atoms with van der Waals surface area (Å²) in [6.07, 6.45) is 2.02. The molecule has 7 heteroatoms.